The molecule has 5 atom stereocenters. The lowest BCUT2D eigenvalue weighted by Gasteiger charge is -2.24. The summed E-state index contributed by atoms with van der Waals surface area (Å²) in [6.07, 6.45) is -0.463. The van der Waals surface area contributed by atoms with Crippen LogP contribution in [0.25, 0.3) is 0 Å². The van der Waals surface area contributed by atoms with E-state index in [-0.39, 0.29) is 11.8 Å². The van der Waals surface area contributed by atoms with Crippen molar-refractivity contribution in [2.75, 3.05) is 13.3 Å². The van der Waals surface area contributed by atoms with Gasteiger partial charge in [-0.1, -0.05) is 6.92 Å². The molecule has 3 fully saturated rings. The molecule has 3 rings (SSSR count). The Morgan fingerprint density at radius 3 is 2.57 bits per heavy atom. The molecule has 3 aliphatic rings. The monoisotopic (exact) mass is 419 g/mol. The van der Waals surface area contributed by atoms with E-state index in [4.69, 9.17) is 18.4 Å². The van der Waals surface area contributed by atoms with E-state index in [1.807, 2.05) is 6.92 Å². The normalized spacial score (nSPS) is 32.0. The van der Waals surface area contributed by atoms with Crippen LogP contribution in [0.2, 0.25) is 0 Å². The predicted octanol–water partition coefficient (Wildman–Crippen LogP) is 0.698. The zero-order valence-corrected chi connectivity index (χ0v) is 16.8. The van der Waals surface area contributed by atoms with Gasteiger partial charge < -0.3 is 14.2 Å². The van der Waals surface area contributed by atoms with E-state index in [9.17, 15) is 22.8 Å². The lowest BCUT2D eigenvalue weighted by Crippen LogP contribution is -2.40. The number of hydrogen-bond donors (Lipinski definition) is 1. The summed E-state index contributed by atoms with van der Waals surface area (Å²) < 4.78 is 43.8. The van der Waals surface area contributed by atoms with Crippen molar-refractivity contribution in [2.24, 2.45) is 17.3 Å². The first-order valence-electron chi connectivity index (χ1n) is 9.24. The van der Waals surface area contributed by atoms with Gasteiger partial charge in [0.15, 0.2) is 13.3 Å². The lowest BCUT2D eigenvalue weighted by atomic mass is 9.91. The molecule has 10 nitrogen and oxygen atoms in total. The van der Waals surface area contributed by atoms with Crippen LogP contribution < -0.4 is 5.32 Å². The number of fused-ring (bicyclic) bond motifs is 1. The maximum absolute atomic E-state index is 11.9. The Bertz CT molecular complexity index is 763. The second-order valence-electron chi connectivity index (χ2n) is 8.01. The Morgan fingerprint density at radius 2 is 1.89 bits per heavy atom. The topological polar surface area (TPSA) is 134 Å². The van der Waals surface area contributed by atoms with Crippen LogP contribution in [0.5, 0.6) is 0 Å². The van der Waals surface area contributed by atoms with Gasteiger partial charge in [-0.3, -0.25) is 14.3 Å². The van der Waals surface area contributed by atoms with Crippen molar-refractivity contribution in [3.8, 4) is 0 Å². The highest BCUT2D eigenvalue weighted by atomic mass is 32.2. The Hall–Kier alpha value is -1.88. The quantitative estimate of drug-likeness (QED) is 0.274. The number of alkyl carbamates (subject to hydrolysis) is 1. The minimum atomic E-state index is -3.58. The van der Waals surface area contributed by atoms with Crippen molar-refractivity contribution in [1.29, 1.82) is 0 Å². The third-order valence-corrected chi connectivity index (χ3v) is 7.64. The molecule has 0 aromatic carbocycles. The summed E-state index contributed by atoms with van der Waals surface area (Å²) in [5.41, 5.74) is -0.697. The van der Waals surface area contributed by atoms with Crippen LogP contribution in [0, 0.1) is 17.3 Å². The van der Waals surface area contributed by atoms with E-state index in [2.05, 4.69) is 5.32 Å². The average Bonchev–Trinajstić information content (AvgIpc) is 3.24. The van der Waals surface area contributed by atoms with Gasteiger partial charge in [-0.2, -0.15) is 8.42 Å². The zero-order valence-electron chi connectivity index (χ0n) is 16.0. The molecular weight excluding hydrogens is 394 g/mol. The fourth-order valence-electron chi connectivity index (χ4n) is 3.89. The fraction of sp³-hybridized carbons (Fsp3) is 0.824. The van der Waals surface area contributed by atoms with Gasteiger partial charge >= 0.3 is 18.0 Å². The number of amides is 1. The number of carbonyl (C=O) groups excluding carboxylic acids is 3. The Balaban J connectivity index is 1.37. The van der Waals surface area contributed by atoms with Crippen molar-refractivity contribution in [1.82, 2.24) is 5.32 Å². The summed E-state index contributed by atoms with van der Waals surface area (Å²) in [5.74, 6) is -1.51. The molecule has 28 heavy (non-hydrogen) atoms. The van der Waals surface area contributed by atoms with Crippen LogP contribution in [-0.2, 0) is 38.1 Å². The number of ether oxygens (including phenoxy) is 3. The molecule has 2 saturated carbocycles. The van der Waals surface area contributed by atoms with Gasteiger partial charge in [0.05, 0.1) is 10.7 Å². The Morgan fingerprint density at radius 1 is 1.18 bits per heavy atom. The van der Waals surface area contributed by atoms with E-state index in [1.54, 1.807) is 13.8 Å². The smallest absolute Gasteiger partial charge is 0.410 e. The number of carbonyl (C=O) groups is 3. The summed E-state index contributed by atoms with van der Waals surface area (Å²) in [6.45, 7) is 4.22. The summed E-state index contributed by atoms with van der Waals surface area (Å²) in [7, 11) is -3.58. The van der Waals surface area contributed by atoms with Crippen molar-refractivity contribution >= 4 is 28.1 Å². The first kappa shape index (κ1) is 20.8. The number of rotatable bonds is 7. The molecule has 1 N–H and O–H groups in total. The van der Waals surface area contributed by atoms with Gasteiger partial charge in [0.25, 0.3) is 10.1 Å². The first-order valence-corrected chi connectivity index (χ1v) is 10.7. The van der Waals surface area contributed by atoms with E-state index in [1.165, 1.54) is 0 Å². The maximum Gasteiger partial charge on any atom is 0.410 e. The summed E-state index contributed by atoms with van der Waals surface area (Å²) in [6, 6.07) is 0. The predicted molar refractivity (Wildman–Crippen MR) is 93.2 cm³/mol. The van der Waals surface area contributed by atoms with Crippen molar-refractivity contribution < 1.29 is 41.2 Å². The number of esters is 2. The van der Waals surface area contributed by atoms with Gasteiger partial charge in [0.1, 0.15) is 12.2 Å². The second-order valence-corrected chi connectivity index (χ2v) is 9.79. The molecule has 2 aliphatic carbocycles. The molecule has 0 aromatic heterocycles. The van der Waals surface area contributed by atoms with Crippen LogP contribution in [0.3, 0.4) is 0 Å². The van der Waals surface area contributed by atoms with Crippen LogP contribution in [0.1, 0.15) is 40.0 Å². The molecule has 0 spiro atoms. The van der Waals surface area contributed by atoms with Crippen LogP contribution in [-0.4, -0.2) is 57.2 Å². The van der Waals surface area contributed by atoms with Crippen molar-refractivity contribution in [2.45, 2.75) is 57.5 Å². The molecule has 2 bridgehead atoms. The number of nitrogens with one attached hydrogen (secondary N) is 1. The molecule has 1 aliphatic heterocycles. The van der Waals surface area contributed by atoms with Crippen LogP contribution in [0.4, 0.5) is 4.79 Å². The maximum atomic E-state index is 11.9. The summed E-state index contributed by atoms with van der Waals surface area (Å²) in [5, 5.41) is 1.76. The SMILES string of the molecule is CCC(C)(C)C(=O)OCC(=O)OCNC(=O)OC1C2CC3C1OS(=O)(=O)C3C2. The van der Waals surface area contributed by atoms with E-state index < -0.39 is 64.4 Å². The minimum absolute atomic E-state index is 0.0492. The Labute approximate surface area is 163 Å². The molecule has 5 unspecified atom stereocenters. The molecule has 1 heterocycles. The van der Waals surface area contributed by atoms with E-state index >= 15 is 0 Å². The standard InChI is InChI=1S/C17H25NO9S/c1-4-17(2,3)15(20)24-7-12(19)25-8-18-16(21)26-13-9-5-10-11(6-9)28(22,23)27-14(10)13/h9-11,13-14H,4-8H2,1-3H3,(H,18,21). The third-order valence-electron chi connectivity index (χ3n) is 5.86. The highest BCUT2D eigenvalue weighted by Gasteiger charge is 2.65. The van der Waals surface area contributed by atoms with Crippen molar-refractivity contribution in [3.63, 3.8) is 0 Å². The molecule has 1 saturated heterocycles. The summed E-state index contributed by atoms with van der Waals surface area (Å²) >= 11 is 0. The lowest BCUT2D eigenvalue weighted by molar-refractivity contribution is -0.164. The van der Waals surface area contributed by atoms with Crippen LogP contribution in [0.15, 0.2) is 0 Å². The van der Waals surface area contributed by atoms with Gasteiger partial charge in [-0.05, 0) is 33.1 Å². The van der Waals surface area contributed by atoms with Crippen molar-refractivity contribution in [3.05, 3.63) is 0 Å². The van der Waals surface area contributed by atoms with Gasteiger partial charge in [0.2, 0.25) is 0 Å². The van der Waals surface area contributed by atoms with Gasteiger partial charge in [-0.15, -0.1) is 0 Å². The minimum Gasteiger partial charge on any atom is -0.453 e. The first-order chi connectivity index (χ1) is 13.0. The van der Waals surface area contributed by atoms with Gasteiger partial charge in [0, 0.05) is 11.8 Å². The van der Waals surface area contributed by atoms with E-state index in [0.29, 0.717) is 19.3 Å². The highest BCUT2D eigenvalue weighted by Crippen LogP contribution is 2.55. The molecule has 1 amide bonds. The Kier molecular flexibility index (Phi) is 5.59. The van der Waals surface area contributed by atoms with Gasteiger partial charge in [-0.25, -0.2) is 9.59 Å². The zero-order chi connectivity index (χ0) is 20.7. The molecular formula is C17H25NO9S. The largest absolute Gasteiger partial charge is 0.453 e. The van der Waals surface area contributed by atoms with E-state index in [0.717, 1.165) is 0 Å². The molecule has 158 valence electrons. The molecule has 0 aromatic rings. The summed E-state index contributed by atoms with van der Waals surface area (Å²) in [4.78, 5) is 35.3. The van der Waals surface area contributed by atoms with Crippen LogP contribution >= 0.6 is 0 Å². The fourth-order valence-corrected chi connectivity index (χ4v) is 5.77. The third kappa shape index (κ3) is 3.95. The highest BCUT2D eigenvalue weighted by molar-refractivity contribution is 7.87. The average molecular weight is 419 g/mol. The molecule has 11 heteroatoms. The second kappa shape index (κ2) is 7.51. The number of hydrogen-bond acceptors (Lipinski definition) is 9. The molecule has 0 radical (unpaired) electrons.